The highest BCUT2D eigenvalue weighted by molar-refractivity contribution is 5.73. The third-order valence-corrected chi connectivity index (χ3v) is 7.77. The summed E-state index contributed by atoms with van der Waals surface area (Å²) in [6.45, 7) is 17.2. The van der Waals surface area contributed by atoms with Crippen LogP contribution in [0.4, 0.5) is 14.4 Å². The number of hydrogen-bond acceptors (Lipinski definition) is 11. The Balaban J connectivity index is 1.31. The summed E-state index contributed by atoms with van der Waals surface area (Å²) in [5.41, 5.74) is 1.45. The Kier molecular flexibility index (Phi) is 25.6. The van der Waals surface area contributed by atoms with Crippen molar-refractivity contribution < 1.29 is 52.3 Å². The van der Waals surface area contributed by atoms with Crippen LogP contribution in [0.1, 0.15) is 78.4 Å². The third kappa shape index (κ3) is 29.0. The standard InChI is InChI=1S/C43H70N4O11/c1-42(2,3)57-40(49)46-21-9-7-11-35-13-17-37(18-14-35)55-33-31-53-29-27-51-25-23-44-39(48)45-24-26-52-28-30-54-32-34-56-38-19-15-36(16-20-38)12-8-10-22-47-41(50)58-43(4,5)6/h13-20H,7-12,21-34H2,1-6H3,(H,46,49)(H,47,50)(H2,44,45,48). The molecule has 4 N–H and O–H groups in total. The lowest BCUT2D eigenvalue weighted by Gasteiger charge is -2.19. The van der Waals surface area contributed by atoms with Crippen molar-refractivity contribution >= 4 is 18.2 Å². The van der Waals surface area contributed by atoms with Crippen LogP contribution in [0.3, 0.4) is 0 Å². The first-order valence-electron chi connectivity index (χ1n) is 20.5. The van der Waals surface area contributed by atoms with E-state index in [4.69, 9.17) is 37.9 Å². The minimum Gasteiger partial charge on any atom is -0.491 e. The molecule has 0 bridgehead atoms. The van der Waals surface area contributed by atoms with Crippen molar-refractivity contribution in [1.29, 1.82) is 0 Å². The predicted molar refractivity (Wildman–Crippen MR) is 223 cm³/mol. The average Bonchev–Trinajstić information content (AvgIpc) is 3.15. The molecule has 0 atom stereocenters. The fourth-order valence-electron chi connectivity index (χ4n) is 5.04. The second-order valence-corrected chi connectivity index (χ2v) is 15.4. The van der Waals surface area contributed by atoms with Gasteiger partial charge in [0.2, 0.25) is 0 Å². The molecule has 0 saturated carbocycles. The Morgan fingerprint density at radius 1 is 0.431 bits per heavy atom. The lowest BCUT2D eigenvalue weighted by molar-refractivity contribution is 0.0368. The maximum absolute atomic E-state index is 11.9. The van der Waals surface area contributed by atoms with Crippen LogP contribution in [0.25, 0.3) is 0 Å². The van der Waals surface area contributed by atoms with Crippen LogP contribution in [0.5, 0.6) is 11.5 Å². The van der Waals surface area contributed by atoms with Crippen molar-refractivity contribution in [3.05, 3.63) is 59.7 Å². The van der Waals surface area contributed by atoms with Gasteiger partial charge in [-0.15, -0.1) is 0 Å². The normalized spacial score (nSPS) is 11.4. The highest BCUT2D eigenvalue weighted by atomic mass is 16.6. The first kappa shape index (κ1) is 49.8. The Bertz CT molecular complexity index is 1280. The molecule has 0 aliphatic heterocycles. The van der Waals surface area contributed by atoms with Gasteiger partial charge in [-0.3, -0.25) is 0 Å². The van der Waals surface area contributed by atoms with E-state index in [9.17, 15) is 14.4 Å². The van der Waals surface area contributed by atoms with E-state index in [0.29, 0.717) is 92.2 Å². The number of carbonyl (C=O) groups is 3. The minimum atomic E-state index is -0.489. The predicted octanol–water partition coefficient (Wildman–Crippen LogP) is 6.20. The van der Waals surface area contributed by atoms with Crippen LogP contribution < -0.4 is 30.7 Å². The van der Waals surface area contributed by atoms with E-state index in [1.165, 1.54) is 11.1 Å². The highest BCUT2D eigenvalue weighted by Crippen LogP contribution is 2.15. The van der Waals surface area contributed by atoms with Crippen molar-refractivity contribution in [2.45, 2.75) is 91.3 Å². The summed E-state index contributed by atoms with van der Waals surface area (Å²) in [5.74, 6) is 1.57. The molecule has 2 aromatic carbocycles. The molecule has 15 nitrogen and oxygen atoms in total. The molecule has 0 aliphatic rings. The van der Waals surface area contributed by atoms with Crippen molar-refractivity contribution in [1.82, 2.24) is 21.3 Å². The minimum absolute atomic E-state index is 0.282. The largest absolute Gasteiger partial charge is 0.491 e. The highest BCUT2D eigenvalue weighted by Gasteiger charge is 2.16. The summed E-state index contributed by atoms with van der Waals surface area (Å²) in [6.07, 6.45) is 4.75. The number of rotatable bonds is 30. The van der Waals surface area contributed by atoms with Gasteiger partial charge in [-0.2, -0.15) is 0 Å². The fourth-order valence-corrected chi connectivity index (χ4v) is 5.04. The van der Waals surface area contributed by atoms with Gasteiger partial charge in [0.1, 0.15) is 35.9 Å². The van der Waals surface area contributed by atoms with Gasteiger partial charge in [-0.25, -0.2) is 14.4 Å². The molecule has 0 heterocycles. The first-order valence-corrected chi connectivity index (χ1v) is 20.5. The number of amides is 4. The number of aryl methyl sites for hydroxylation is 2. The number of ether oxygens (including phenoxy) is 8. The topological polar surface area (TPSA) is 173 Å². The Labute approximate surface area is 345 Å². The van der Waals surface area contributed by atoms with Crippen LogP contribution in [0.15, 0.2) is 48.5 Å². The first-order chi connectivity index (χ1) is 27.8. The van der Waals surface area contributed by atoms with Crippen LogP contribution in [-0.4, -0.2) is 122 Å². The summed E-state index contributed by atoms with van der Waals surface area (Å²) < 4.78 is 44.1. The van der Waals surface area contributed by atoms with Crippen LogP contribution >= 0.6 is 0 Å². The molecule has 2 rings (SSSR count). The van der Waals surface area contributed by atoms with Gasteiger partial charge in [0.05, 0.1) is 52.9 Å². The maximum atomic E-state index is 11.9. The summed E-state index contributed by atoms with van der Waals surface area (Å²) in [7, 11) is 0. The van der Waals surface area contributed by atoms with E-state index in [1.54, 1.807) is 0 Å². The molecule has 2 aromatic rings. The summed E-state index contributed by atoms with van der Waals surface area (Å²) in [5, 5.41) is 11.0. The molecule has 58 heavy (non-hydrogen) atoms. The second kappa shape index (κ2) is 29.8. The zero-order chi connectivity index (χ0) is 42.3. The van der Waals surface area contributed by atoms with Gasteiger partial charge in [0.25, 0.3) is 0 Å². The van der Waals surface area contributed by atoms with Gasteiger partial charge in [0, 0.05) is 26.2 Å². The van der Waals surface area contributed by atoms with E-state index in [2.05, 4.69) is 21.3 Å². The number of nitrogens with one attached hydrogen (secondary N) is 4. The van der Waals surface area contributed by atoms with Crippen molar-refractivity contribution in [3.63, 3.8) is 0 Å². The monoisotopic (exact) mass is 819 g/mol. The molecule has 328 valence electrons. The molecule has 0 aromatic heterocycles. The maximum Gasteiger partial charge on any atom is 0.407 e. The lowest BCUT2D eigenvalue weighted by Crippen LogP contribution is -2.39. The number of carbonyl (C=O) groups excluding carboxylic acids is 3. The average molecular weight is 819 g/mol. The molecular weight excluding hydrogens is 748 g/mol. The summed E-state index contributed by atoms with van der Waals surface area (Å²) in [6, 6.07) is 15.7. The van der Waals surface area contributed by atoms with Gasteiger partial charge in [-0.1, -0.05) is 24.3 Å². The smallest absolute Gasteiger partial charge is 0.407 e. The lowest BCUT2D eigenvalue weighted by atomic mass is 10.1. The molecule has 0 fully saturated rings. The fraction of sp³-hybridized carbons (Fsp3) is 0.651. The van der Waals surface area contributed by atoms with E-state index in [-0.39, 0.29) is 18.2 Å². The second-order valence-electron chi connectivity index (χ2n) is 15.4. The van der Waals surface area contributed by atoms with Crippen LogP contribution in [0, 0.1) is 0 Å². The number of alkyl carbamates (subject to hydrolysis) is 2. The van der Waals surface area contributed by atoms with Crippen LogP contribution in [-0.2, 0) is 41.3 Å². The SMILES string of the molecule is CC(C)(C)OC(=O)NCCCCc1ccc(OCCOCCOCCNC(=O)NCCOCCOCCOc2ccc(CCCCNC(=O)OC(C)(C)C)cc2)cc1. The molecule has 0 unspecified atom stereocenters. The number of benzene rings is 2. The van der Waals surface area contributed by atoms with Gasteiger partial charge in [0.15, 0.2) is 0 Å². The molecule has 15 heteroatoms. The number of urea groups is 1. The van der Waals surface area contributed by atoms with E-state index in [1.807, 2.05) is 90.1 Å². The summed E-state index contributed by atoms with van der Waals surface area (Å²) >= 11 is 0. The van der Waals surface area contributed by atoms with Gasteiger partial charge < -0.3 is 59.2 Å². The number of hydrogen-bond donors (Lipinski definition) is 4. The summed E-state index contributed by atoms with van der Waals surface area (Å²) in [4.78, 5) is 35.3. The third-order valence-electron chi connectivity index (χ3n) is 7.77. The van der Waals surface area contributed by atoms with Crippen LogP contribution in [0.2, 0.25) is 0 Å². The molecule has 0 aliphatic carbocycles. The van der Waals surface area contributed by atoms with Gasteiger partial charge in [-0.05, 0) is 115 Å². The van der Waals surface area contributed by atoms with Crippen molar-refractivity contribution in [2.75, 3.05) is 92.2 Å². The quantitative estimate of drug-likeness (QED) is 0.0661. The zero-order valence-electron chi connectivity index (χ0n) is 35.8. The Hall–Kier alpha value is -4.31. The van der Waals surface area contributed by atoms with E-state index >= 15 is 0 Å². The number of unbranched alkanes of at least 4 members (excludes halogenated alkanes) is 2. The molecule has 0 radical (unpaired) electrons. The molecule has 4 amide bonds. The van der Waals surface area contributed by atoms with E-state index in [0.717, 1.165) is 50.0 Å². The Morgan fingerprint density at radius 2 is 0.776 bits per heavy atom. The zero-order valence-corrected chi connectivity index (χ0v) is 35.8. The Morgan fingerprint density at radius 3 is 1.14 bits per heavy atom. The molecule has 0 saturated heterocycles. The van der Waals surface area contributed by atoms with Crippen molar-refractivity contribution in [3.8, 4) is 11.5 Å². The van der Waals surface area contributed by atoms with E-state index < -0.39 is 11.2 Å². The molecule has 0 spiro atoms. The van der Waals surface area contributed by atoms with Gasteiger partial charge >= 0.3 is 18.2 Å². The van der Waals surface area contributed by atoms with Crippen molar-refractivity contribution in [2.24, 2.45) is 0 Å². The molecular formula is C43H70N4O11.